The van der Waals surface area contributed by atoms with Gasteiger partial charge in [-0.25, -0.2) is 14.0 Å². The molecule has 3 rings (SSSR count). The van der Waals surface area contributed by atoms with Gasteiger partial charge in [0.2, 0.25) is 0 Å². The Balaban J connectivity index is 1.86. The van der Waals surface area contributed by atoms with Crippen LogP contribution in [0.1, 0.15) is 24.3 Å². The highest BCUT2D eigenvalue weighted by Gasteiger charge is 2.35. The number of benzene rings is 1. The third kappa shape index (κ3) is 4.80. The van der Waals surface area contributed by atoms with Gasteiger partial charge in [-0.3, -0.25) is 4.90 Å². The molecule has 2 N–H and O–H groups in total. The summed E-state index contributed by atoms with van der Waals surface area (Å²) in [6, 6.07) is 6.83. The van der Waals surface area contributed by atoms with Crippen LogP contribution in [0.4, 0.5) is 9.18 Å². The smallest absolute Gasteiger partial charge is 0.338 e. The first-order valence-electron chi connectivity index (χ1n) is 9.45. The summed E-state index contributed by atoms with van der Waals surface area (Å²) in [5.41, 5.74) is 1.38. The lowest BCUT2D eigenvalue weighted by molar-refractivity contribution is -0.139. The first-order chi connectivity index (χ1) is 14.4. The molecule has 0 fully saturated rings. The van der Waals surface area contributed by atoms with Crippen molar-refractivity contribution >= 4 is 12.0 Å². The van der Waals surface area contributed by atoms with Crippen molar-refractivity contribution in [1.82, 2.24) is 15.5 Å². The van der Waals surface area contributed by atoms with Crippen LogP contribution in [0.5, 0.6) is 5.75 Å². The quantitative estimate of drug-likeness (QED) is 0.642. The zero-order valence-electron chi connectivity index (χ0n) is 17.0. The van der Waals surface area contributed by atoms with E-state index in [0.29, 0.717) is 18.0 Å². The van der Waals surface area contributed by atoms with Gasteiger partial charge in [0.15, 0.2) is 11.6 Å². The van der Waals surface area contributed by atoms with Gasteiger partial charge in [0.25, 0.3) is 0 Å². The van der Waals surface area contributed by atoms with Gasteiger partial charge < -0.3 is 24.5 Å². The molecule has 0 bridgehead atoms. The first kappa shape index (κ1) is 21.4. The standard InChI is InChI=1S/C21H24FN3O5/c1-4-29-20(26)18-15(23-21(27)24-19(18)17-6-5-9-30-17)12-25(2)11-13-7-8-16(28-3)14(22)10-13/h5-10,19H,4,11-12H2,1-3H3,(H2,23,24,27)/t19-/m1/s1. The topological polar surface area (TPSA) is 93.0 Å². The van der Waals surface area contributed by atoms with E-state index < -0.39 is 23.9 Å². The minimum absolute atomic E-state index is 0.167. The number of nitrogens with zero attached hydrogens (tertiary/aromatic N) is 1. The van der Waals surface area contributed by atoms with Crippen LogP contribution in [0.25, 0.3) is 0 Å². The molecule has 0 saturated heterocycles. The van der Waals surface area contributed by atoms with Gasteiger partial charge in [-0.1, -0.05) is 6.07 Å². The van der Waals surface area contributed by atoms with Gasteiger partial charge in [0.05, 0.1) is 25.6 Å². The molecular weight excluding hydrogens is 393 g/mol. The van der Waals surface area contributed by atoms with Crippen LogP contribution in [-0.4, -0.2) is 44.2 Å². The molecule has 1 aromatic carbocycles. The molecule has 160 valence electrons. The van der Waals surface area contributed by atoms with E-state index >= 15 is 0 Å². The van der Waals surface area contributed by atoms with E-state index in [1.54, 1.807) is 38.2 Å². The molecule has 8 nitrogen and oxygen atoms in total. The molecule has 30 heavy (non-hydrogen) atoms. The molecule has 2 heterocycles. The van der Waals surface area contributed by atoms with Crippen LogP contribution in [0, 0.1) is 5.82 Å². The lowest BCUT2D eigenvalue weighted by Gasteiger charge is -2.30. The SMILES string of the molecule is CCOC(=O)C1=C(CN(C)Cc2ccc(OC)c(F)c2)NC(=O)N[C@@H]1c1ccco1. The number of methoxy groups -OCH3 is 1. The number of rotatable bonds is 8. The Morgan fingerprint density at radius 1 is 1.30 bits per heavy atom. The number of urea groups is 1. The minimum atomic E-state index is -0.769. The Morgan fingerprint density at radius 2 is 2.10 bits per heavy atom. The predicted octanol–water partition coefficient (Wildman–Crippen LogP) is 2.73. The maximum absolute atomic E-state index is 14.0. The number of halogens is 1. The van der Waals surface area contributed by atoms with Crippen LogP contribution in [0.3, 0.4) is 0 Å². The number of amides is 2. The molecule has 2 amide bonds. The number of likely N-dealkylation sites (N-methyl/N-ethyl adjacent to an activating group) is 1. The van der Waals surface area contributed by atoms with Crippen molar-refractivity contribution in [2.24, 2.45) is 0 Å². The number of esters is 1. The zero-order chi connectivity index (χ0) is 21.7. The van der Waals surface area contributed by atoms with Crippen LogP contribution >= 0.6 is 0 Å². The number of furan rings is 1. The fourth-order valence-corrected chi connectivity index (χ4v) is 3.31. The third-order valence-electron chi connectivity index (χ3n) is 4.57. The van der Waals surface area contributed by atoms with E-state index in [-0.39, 0.29) is 24.5 Å². The monoisotopic (exact) mass is 417 g/mol. The number of hydrogen-bond acceptors (Lipinski definition) is 6. The van der Waals surface area contributed by atoms with Crippen molar-refractivity contribution in [3.05, 3.63) is 65.0 Å². The molecule has 0 saturated carbocycles. The van der Waals surface area contributed by atoms with Crippen molar-refractivity contribution < 1.29 is 27.9 Å². The molecule has 0 aliphatic carbocycles. The highest BCUT2D eigenvalue weighted by molar-refractivity contribution is 5.95. The largest absolute Gasteiger partial charge is 0.494 e. The Hall–Kier alpha value is -3.33. The Morgan fingerprint density at radius 3 is 2.73 bits per heavy atom. The summed E-state index contributed by atoms with van der Waals surface area (Å²) < 4.78 is 29.5. The highest BCUT2D eigenvalue weighted by Crippen LogP contribution is 2.28. The van der Waals surface area contributed by atoms with E-state index in [0.717, 1.165) is 5.56 Å². The van der Waals surface area contributed by atoms with Gasteiger partial charge in [-0.15, -0.1) is 0 Å². The minimum Gasteiger partial charge on any atom is -0.494 e. The molecule has 0 unspecified atom stereocenters. The van der Waals surface area contributed by atoms with Crippen molar-refractivity contribution in [1.29, 1.82) is 0 Å². The second-order valence-corrected chi connectivity index (χ2v) is 6.80. The molecule has 1 aliphatic rings. The number of carbonyl (C=O) groups excluding carboxylic acids is 2. The van der Waals surface area contributed by atoms with Crippen LogP contribution < -0.4 is 15.4 Å². The number of hydrogen-bond donors (Lipinski definition) is 2. The maximum atomic E-state index is 14.0. The maximum Gasteiger partial charge on any atom is 0.338 e. The summed E-state index contributed by atoms with van der Waals surface area (Å²) >= 11 is 0. The molecule has 1 aromatic heterocycles. The van der Waals surface area contributed by atoms with E-state index in [4.69, 9.17) is 13.9 Å². The molecule has 0 spiro atoms. The Labute approximate surface area is 173 Å². The average Bonchev–Trinajstić information content (AvgIpc) is 3.22. The summed E-state index contributed by atoms with van der Waals surface area (Å²) in [7, 11) is 3.21. The van der Waals surface area contributed by atoms with E-state index in [1.807, 2.05) is 4.90 Å². The normalized spacial score (nSPS) is 16.3. The molecular formula is C21H24FN3O5. The van der Waals surface area contributed by atoms with E-state index in [1.165, 1.54) is 19.4 Å². The molecule has 9 heteroatoms. The van der Waals surface area contributed by atoms with Gasteiger partial charge >= 0.3 is 12.0 Å². The second-order valence-electron chi connectivity index (χ2n) is 6.80. The summed E-state index contributed by atoms with van der Waals surface area (Å²) in [5, 5.41) is 5.39. The lowest BCUT2D eigenvalue weighted by atomic mass is 10.00. The van der Waals surface area contributed by atoms with Crippen molar-refractivity contribution in [3.8, 4) is 5.75 Å². The van der Waals surface area contributed by atoms with E-state index in [9.17, 15) is 14.0 Å². The Kier molecular flexibility index (Phi) is 6.73. The number of carbonyl (C=O) groups is 2. The van der Waals surface area contributed by atoms with Crippen molar-refractivity contribution in [2.45, 2.75) is 19.5 Å². The summed E-state index contributed by atoms with van der Waals surface area (Å²) in [6.07, 6.45) is 1.47. The summed E-state index contributed by atoms with van der Waals surface area (Å²) in [6.45, 7) is 2.51. The molecule has 1 atom stereocenters. The number of nitrogens with one attached hydrogen (secondary N) is 2. The van der Waals surface area contributed by atoms with Gasteiger partial charge in [-0.2, -0.15) is 0 Å². The molecule has 1 aliphatic heterocycles. The van der Waals surface area contributed by atoms with Gasteiger partial charge in [0, 0.05) is 18.8 Å². The first-order valence-corrected chi connectivity index (χ1v) is 9.45. The molecule has 0 radical (unpaired) electrons. The fraction of sp³-hybridized carbons (Fsp3) is 0.333. The third-order valence-corrected chi connectivity index (χ3v) is 4.57. The summed E-state index contributed by atoms with van der Waals surface area (Å²) in [4.78, 5) is 26.8. The zero-order valence-corrected chi connectivity index (χ0v) is 17.0. The van der Waals surface area contributed by atoms with E-state index in [2.05, 4.69) is 10.6 Å². The number of ether oxygens (including phenoxy) is 2. The fourth-order valence-electron chi connectivity index (χ4n) is 3.31. The van der Waals surface area contributed by atoms with Gasteiger partial charge in [-0.05, 0) is 43.8 Å². The molecule has 2 aromatic rings. The van der Waals surface area contributed by atoms with Crippen molar-refractivity contribution in [2.75, 3.05) is 27.3 Å². The Bertz CT molecular complexity index is 942. The van der Waals surface area contributed by atoms with Crippen LogP contribution in [0.2, 0.25) is 0 Å². The van der Waals surface area contributed by atoms with Gasteiger partial charge in [0.1, 0.15) is 11.8 Å². The van der Waals surface area contributed by atoms with Crippen molar-refractivity contribution in [3.63, 3.8) is 0 Å². The lowest BCUT2D eigenvalue weighted by Crippen LogP contribution is -2.48. The average molecular weight is 417 g/mol. The summed E-state index contributed by atoms with van der Waals surface area (Å²) in [5.74, 6) is -0.418. The van der Waals surface area contributed by atoms with Crippen LogP contribution in [-0.2, 0) is 16.1 Å². The second kappa shape index (κ2) is 9.45. The highest BCUT2D eigenvalue weighted by atomic mass is 19.1. The predicted molar refractivity (Wildman–Crippen MR) is 106 cm³/mol. The van der Waals surface area contributed by atoms with Crippen LogP contribution in [0.15, 0.2) is 52.3 Å².